The van der Waals surface area contributed by atoms with Gasteiger partial charge in [0.1, 0.15) is 18.1 Å². The molecule has 28 heavy (non-hydrogen) atoms. The molecule has 2 heterocycles. The summed E-state index contributed by atoms with van der Waals surface area (Å²) in [5, 5.41) is 13.6. The van der Waals surface area contributed by atoms with E-state index in [0.29, 0.717) is 31.0 Å². The van der Waals surface area contributed by atoms with E-state index in [1.807, 2.05) is 60.7 Å². The fraction of sp³-hybridized carbons (Fsp3) is 0.273. The lowest BCUT2D eigenvalue weighted by molar-refractivity contribution is -0.159. The number of ether oxygens (including phenoxy) is 2. The molecule has 1 N–H and O–H groups in total. The van der Waals surface area contributed by atoms with Crippen LogP contribution >= 0.6 is 0 Å². The number of aliphatic carboxylic acids is 1. The summed E-state index contributed by atoms with van der Waals surface area (Å²) in [5.41, 5.74) is 1.56. The van der Waals surface area contributed by atoms with Crippen LogP contribution in [-0.4, -0.2) is 28.4 Å². The minimum Gasteiger partial charge on any atom is -0.486 e. The molecule has 0 radical (unpaired) electrons. The highest BCUT2D eigenvalue weighted by atomic mass is 16.5. The predicted octanol–water partition coefficient (Wildman–Crippen LogP) is 4.10. The third kappa shape index (κ3) is 3.92. The van der Waals surface area contributed by atoms with Crippen LogP contribution in [0.25, 0.3) is 11.3 Å². The lowest BCUT2D eigenvalue weighted by Crippen LogP contribution is -2.40. The number of nitrogens with zero attached hydrogens (tertiary/aromatic N) is 1. The summed E-state index contributed by atoms with van der Waals surface area (Å²) in [6.45, 7) is 0.761. The Bertz CT molecular complexity index is 927. The van der Waals surface area contributed by atoms with Crippen LogP contribution in [-0.2, 0) is 22.6 Å². The third-order valence-electron chi connectivity index (χ3n) is 4.92. The Kier molecular flexibility index (Phi) is 5.12. The van der Waals surface area contributed by atoms with Gasteiger partial charge >= 0.3 is 5.97 Å². The maximum atomic E-state index is 11.6. The van der Waals surface area contributed by atoms with Gasteiger partial charge in [-0.25, -0.2) is 4.79 Å². The topological polar surface area (TPSA) is 81.8 Å². The van der Waals surface area contributed by atoms with Crippen molar-refractivity contribution in [2.24, 2.45) is 0 Å². The van der Waals surface area contributed by atoms with E-state index in [4.69, 9.17) is 14.0 Å². The Labute approximate surface area is 162 Å². The average molecular weight is 379 g/mol. The van der Waals surface area contributed by atoms with Crippen LogP contribution < -0.4 is 4.74 Å². The number of aromatic nitrogens is 1. The molecule has 6 nitrogen and oxygen atoms in total. The van der Waals surface area contributed by atoms with E-state index in [9.17, 15) is 9.90 Å². The minimum atomic E-state index is -1.10. The summed E-state index contributed by atoms with van der Waals surface area (Å²) in [4.78, 5) is 11.6. The molecule has 1 aliphatic heterocycles. The first-order chi connectivity index (χ1) is 13.6. The van der Waals surface area contributed by atoms with Gasteiger partial charge in [0.25, 0.3) is 0 Å². The number of rotatable bonds is 7. The fourth-order valence-electron chi connectivity index (χ4n) is 3.39. The second kappa shape index (κ2) is 7.86. The van der Waals surface area contributed by atoms with Crippen molar-refractivity contribution in [1.82, 2.24) is 5.16 Å². The standard InChI is InChI=1S/C22H21NO5/c24-21(25)22(11-4-12-27-22)14-16-7-9-18(10-8-16)26-15-19-13-20(23-28-19)17-5-2-1-3-6-17/h1-3,5-10,13H,4,11-12,14-15H2,(H,24,25). The van der Waals surface area contributed by atoms with Crippen LogP contribution in [0.3, 0.4) is 0 Å². The molecule has 0 aliphatic carbocycles. The zero-order valence-electron chi connectivity index (χ0n) is 15.3. The molecule has 1 aliphatic rings. The molecule has 1 atom stereocenters. The number of benzene rings is 2. The van der Waals surface area contributed by atoms with E-state index >= 15 is 0 Å². The van der Waals surface area contributed by atoms with E-state index in [2.05, 4.69) is 5.16 Å². The van der Waals surface area contributed by atoms with Crippen molar-refractivity contribution in [3.05, 3.63) is 72.0 Å². The van der Waals surface area contributed by atoms with Crippen LogP contribution in [0.15, 0.2) is 65.2 Å². The maximum absolute atomic E-state index is 11.6. The van der Waals surface area contributed by atoms with Crippen molar-refractivity contribution in [1.29, 1.82) is 0 Å². The number of carboxylic acid groups (broad SMARTS) is 1. The molecule has 4 rings (SSSR count). The van der Waals surface area contributed by atoms with Gasteiger partial charge in [-0.15, -0.1) is 0 Å². The first-order valence-electron chi connectivity index (χ1n) is 9.25. The summed E-state index contributed by atoms with van der Waals surface area (Å²) in [7, 11) is 0. The van der Waals surface area contributed by atoms with Gasteiger partial charge in [0.15, 0.2) is 11.4 Å². The van der Waals surface area contributed by atoms with E-state index < -0.39 is 11.6 Å². The van der Waals surface area contributed by atoms with E-state index in [0.717, 1.165) is 23.2 Å². The molecule has 1 unspecified atom stereocenters. The van der Waals surface area contributed by atoms with Crippen molar-refractivity contribution < 1.29 is 23.9 Å². The zero-order valence-corrected chi connectivity index (χ0v) is 15.3. The summed E-state index contributed by atoms with van der Waals surface area (Å²) in [6.07, 6.45) is 1.66. The molecule has 0 bridgehead atoms. The molecule has 1 aromatic heterocycles. The molecular formula is C22H21NO5. The second-order valence-electron chi connectivity index (χ2n) is 6.91. The van der Waals surface area contributed by atoms with Gasteiger partial charge in [-0.3, -0.25) is 0 Å². The average Bonchev–Trinajstić information content (AvgIpc) is 3.39. The monoisotopic (exact) mass is 379 g/mol. The van der Waals surface area contributed by atoms with Crippen LogP contribution in [0, 0.1) is 0 Å². The second-order valence-corrected chi connectivity index (χ2v) is 6.91. The van der Waals surface area contributed by atoms with Crippen molar-refractivity contribution in [2.75, 3.05) is 6.61 Å². The fourth-order valence-corrected chi connectivity index (χ4v) is 3.39. The molecule has 144 valence electrons. The number of hydrogen-bond donors (Lipinski definition) is 1. The van der Waals surface area contributed by atoms with Gasteiger partial charge in [-0.1, -0.05) is 47.6 Å². The molecule has 0 amide bonds. The van der Waals surface area contributed by atoms with Crippen LogP contribution in [0.2, 0.25) is 0 Å². The highest BCUT2D eigenvalue weighted by Gasteiger charge is 2.42. The molecule has 0 spiro atoms. The molecule has 3 aromatic rings. The Morgan fingerprint density at radius 2 is 1.93 bits per heavy atom. The quantitative estimate of drug-likeness (QED) is 0.666. The lowest BCUT2D eigenvalue weighted by Gasteiger charge is -2.23. The highest BCUT2D eigenvalue weighted by molar-refractivity contribution is 5.78. The summed E-state index contributed by atoms with van der Waals surface area (Å²) < 4.78 is 16.6. The summed E-state index contributed by atoms with van der Waals surface area (Å²) in [6, 6.07) is 19.1. The zero-order chi connectivity index (χ0) is 19.4. The van der Waals surface area contributed by atoms with Crippen molar-refractivity contribution in [3.63, 3.8) is 0 Å². The van der Waals surface area contributed by atoms with Gasteiger partial charge in [-0.2, -0.15) is 0 Å². The number of carboxylic acids is 1. The van der Waals surface area contributed by atoms with Crippen molar-refractivity contribution >= 4 is 5.97 Å². The van der Waals surface area contributed by atoms with Gasteiger partial charge in [0, 0.05) is 24.7 Å². The number of hydrogen-bond acceptors (Lipinski definition) is 5. The molecule has 2 aromatic carbocycles. The van der Waals surface area contributed by atoms with E-state index in [1.165, 1.54) is 0 Å². The summed E-state index contributed by atoms with van der Waals surface area (Å²) in [5.74, 6) is 0.412. The molecule has 0 saturated carbocycles. The minimum absolute atomic E-state index is 0.265. The molecule has 6 heteroatoms. The smallest absolute Gasteiger partial charge is 0.336 e. The van der Waals surface area contributed by atoms with Gasteiger partial charge < -0.3 is 19.1 Å². The Hall–Kier alpha value is -3.12. The van der Waals surface area contributed by atoms with Crippen LogP contribution in [0.1, 0.15) is 24.2 Å². The molecule has 1 fully saturated rings. The van der Waals surface area contributed by atoms with E-state index in [1.54, 1.807) is 0 Å². The normalized spacial score (nSPS) is 18.9. The first-order valence-corrected chi connectivity index (χ1v) is 9.25. The van der Waals surface area contributed by atoms with Crippen LogP contribution in [0.5, 0.6) is 5.75 Å². The van der Waals surface area contributed by atoms with Crippen molar-refractivity contribution in [2.45, 2.75) is 31.5 Å². The van der Waals surface area contributed by atoms with E-state index in [-0.39, 0.29) is 6.61 Å². The Balaban J connectivity index is 1.36. The SMILES string of the molecule is O=C(O)C1(Cc2ccc(OCc3cc(-c4ccccc4)no3)cc2)CCCO1. The first kappa shape index (κ1) is 18.3. The number of carbonyl (C=O) groups is 1. The van der Waals surface area contributed by atoms with Gasteiger partial charge in [0.05, 0.1) is 0 Å². The lowest BCUT2D eigenvalue weighted by atomic mass is 9.92. The predicted molar refractivity (Wildman–Crippen MR) is 102 cm³/mol. The molecular weight excluding hydrogens is 358 g/mol. The Morgan fingerprint density at radius 3 is 2.61 bits per heavy atom. The van der Waals surface area contributed by atoms with Gasteiger partial charge in [-0.05, 0) is 30.5 Å². The maximum Gasteiger partial charge on any atom is 0.336 e. The largest absolute Gasteiger partial charge is 0.486 e. The summed E-state index contributed by atoms with van der Waals surface area (Å²) >= 11 is 0. The third-order valence-corrected chi connectivity index (χ3v) is 4.92. The van der Waals surface area contributed by atoms with Crippen LogP contribution in [0.4, 0.5) is 0 Å². The Morgan fingerprint density at radius 1 is 1.14 bits per heavy atom. The van der Waals surface area contributed by atoms with Crippen molar-refractivity contribution in [3.8, 4) is 17.0 Å². The molecule has 1 saturated heterocycles. The highest BCUT2D eigenvalue weighted by Crippen LogP contribution is 2.30. The van der Waals surface area contributed by atoms with Gasteiger partial charge in [0.2, 0.25) is 0 Å².